The number of benzene rings is 1. The molecule has 0 aliphatic rings. The van der Waals surface area contributed by atoms with Gasteiger partial charge in [0.05, 0.1) is 10.7 Å². The van der Waals surface area contributed by atoms with Gasteiger partial charge in [0.25, 0.3) is 0 Å². The molecule has 2 N–H and O–H groups in total. The standard InChI is InChI=1S/C11H13ClN2O2/c1-6-4-9(12)11(14-8(3)16)5-10(6)13-7(2)15/h4-5H,1-3H3,(H,13,15)(H,14,16). The van der Waals surface area contributed by atoms with Gasteiger partial charge in [0.2, 0.25) is 11.8 Å². The SMILES string of the molecule is CC(=O)Nc1cc(NC(C)=O)c(Cl)cc1C. The zero-order valence-corrected chi connectivity index (χ0v) is 10.1. The number of amides is 2. The molecule has 0 aliphatic carbocycles. The van der Waals surface area contributed by atoms with E-state index in [4.69, 9.17) is 11.6 Å². The summed E-state index contributed by atoms with van der Waals surface area (Å²) in [7, 11) is 0. The lowest BCUT2D eigenvalue weighted by molar-refractivity contribution is -0.115. The van der Waals surface area contributed by atoms with Crippen LogP contribution in [0.2, 0.25) is 5.02 Å². The third-order valence-electron chi connectivity index (χ3n) is 1.94. The summed E-state index contributed by atoms with van der Waals surface area (Å²) in [6.45, 7) is 4.65. The highest BCUT2D eigenvalue weighted by Crippen LogP contribution is 2.28. The van der Waals surface area contributed by atoms with Crippen LogP contribution >= 0.6 is 11.6 Å². The smallest absolute Gasteiger partial charge is 0.221 e. The van der Waals surface area contributed by atoms with Crippen molar-refractivity contribution in [1.82, 2.24) is 0 Å². The average Bonchev–Trinajstić information content (AvgIpc) is 2.11. The van der Waals surface area contributed by atoms with Crippen LogP contribution in [0, 0.1) is 6.92 Å². The van der Waals surface area contributed by atoms with E-state index in [1.54, 1.807) is 12.1 Å². The molecule has 0 atom stereocenters. The number of anilines is 2. The summed E-state index contributed by atoms with van der Waals surface area (Å²) in [6, 6.07) is 3.33. The molecule has 1 aromatic carbocycles. The van der Waals surface area contributed by atoms with Crippen molar-refractivity contribution in [3.63, 3.8) is 0 Å². The number of carbonyl (C=O) groups excluding carboxylic acids is 2. The van der Waals surface area contributed by atoms with Crippen molar-refractivity contribution in [3.8, 4) is 0 Å². The molecule has 0 aliphatic heterocycles. The van der Waals surface area contributed by atoms with Crippen LogP contribution in [-0.2, 0) is 9.59 Å². The molecule has 0 unspecified atom stereocenters. The third kappa shape index (κ3) is 3.24. The molecule has 1 rings (SSSR count). The monoisotopic (exact) mass is 240 g/mol. The summed E-state index contributed by atoms with van der Waals surface area (Å²) < 4.78 is 0. The van der Waals surface area contributed by atoms with Crippen LogP contribution in [0.5, 0.6) is 0 Å². The molecular formula is C11H13ClN2O2. The predicted molar refractivity (Wildman–Crippen MR) is 64.8 cm³/mol. The van der Waals surface area contributed by atoms with Crippen molar-refractivity contribution in [3.05, 3.63) is 22.7 Å². The highest BCUT2D eigenvalue weighted by Gasteiger charge is 2.08. The Morgan fingerprint density at radius 3 is 2.06 bits per heavy atom. The highest BCUT2D eigenvalue weighted by atomic mass is 35.5. The lowest BCUT2D eigenvalue weighted by atomic mass is 10.1. The molecule has 0 heterocycles. The Morgan fingerprint density at radius 1 is 1.06 bits per heavy atom. The lowest BCUT2D eigenvalue weighted by Gasteiger charge is -2.11. The van der Waals surface area contributed by atoms with Crippen LogP contribution in [0.15, 0.2) is 12.1 Å². The molecule has 0 bridgehead atoms. The molecule has 0 saturated heterocycles. The van der Waals surface area contributed by atoms with Crippen molar-refractivity contribution in [2.75, 3.05) is 10.6 Å². The number of rotatable bonds is 2. The van der Waals surface area contributed by atoms with Crippen LogP contribution in [0.3, 0.4) is 0 Å². The second kappa shape index (κ2) is 4.99. The Labute approximate surface area is 99.0 Å². The first-order chi connectivity index (χ1) is 7.40. The summed E-state index contributed by atoms with van der Waals surface area (Å²) in [5.74, 6) is -0.376. The molecule has 86 valence electrons. The molecule has 0 spiro atoms. The van der Waals surface area contributed by atoms with Crippen LogP contribution in [-0.4, -0.2) is 11.8 Å². The number of hydrogen-bond acceptors (Lipinski definition) is 2. The second-order valence-electron chi connectivity index (χ2n) is 3.51. The van der Waals surface area contributed by atoms with Crippen molar-refractivity contribution >= 4 is 34.8 Å². The maximum absolute atomic E-state index is 11.0. The Hall–Kier alpha value is -1.55. The maximum atomic E-state index is 11.0. The van der Waals surface area contributed by atoms with Gasteiger partial charge in [0.1, 0.15) is 0 Å². The second-order valence-corrected chi connectivity index (χ2v) is 3.92. The maximum Gasteiger partial charge on any atom is 0.221 e. The number of aryl methyl sites for hydroxylation is 1. The largest absolute Gasteiger partial charge is 0.326 e. The first-order valence-electron chi connectivity index (χ1n) is 4.75. The van der Waals surface area contributed by atoms with Gasteiger partial charge in [0.15, 0.2) is 0 Å². The molecule has 0 radical (unpaired) electrons. The zero-order valence-electron chi connectivity index (χ0n) is 9.35. The van der Waals surface area contributed by atoms with E-state index >= 15 is 0 Å². The summed E-state index contributed by atoms with van der Waals surface area (Å²) in [5.41, 5.74) is 1.97. The van der Waals surface area contributed by atoms with Gasteiger partial charge in [-0.15, -0.1) is 0 Å². The molecule has 0 aromatic heterocycles. The summed E-state index contributed by atoms with van der Waals surface area (Å²) >= 11 is 5.95. The number of halogens is 1. The van der Waals surface area contributed by atoms with E-state index in [1.165, 1.54) is 13.8 Å². The van der Waals surface area contributed by atoms with E-state index in [-0.39, 0.29) is 11.8 Å². The van der Waals surface area contributed by atoms with Crippen LogP contribution in [0.1, 0.15) is 19.4 Å². The topological polar surface area (TPSA) is 58.2 Å². The fourth-order valence-corrected chi connectivity index (χ4v) is 1.55. The van der Waals surface area contributed by atoms with E-state index < -0.39 is 0 Å². The van der Waals surface area contributed by atoms with E-state index in [9.17, 15) is 9.59 Å². The van der Waals surface area contributed by atoms with E-state index in [2.05, 4.69) is 10.6 Å². The van der Waals surface area contributed by atoms with Crippen LogP contribution in [0.25, 0.3) is 0 Å². The van der Waals surface area contributed by atoms with Crippen molar-refractivity contribution < 1.29 is 9.59 Å². The van der Waals surface area contributed by atoms with Crippen molar-refractivity contribution in [2.24, 2.45) is 0 Å². The molecule has 4 nitrogen and oxygen atoms in total. The van der Waals surface area contributed by atoms with Crippen LogP contribution < -0.4 is 10.6 Å². The highest BCUT2D eigenvalue weighted by molar-refractivity contribution is 6.34. The quantitative estimate of drug-likeness (QED) is 0.835. The Morgan fingerprint density at radius 2 is 1.56 bits per heavy atom. The summed E-state index contributed by atoms with van der Waals surface area (Å²) in [5, 5.41) is 5.70. The van der Waals surface area contributed by atoms with Crippen LogP contribution in [0.4, 0.5) is 11.4 Å². The molecule has 0 saturated carbocycles. The molecule has 2 amide bonds. The minimum atomic E-state index is -0.209. The molecule has 5 heteroatoms. The minimum Gasteiger partial charge on any atom is -0.326 e. The van der Waals surface area contributed by atoms with Gasteiger partial charge in [0, 0.05) is 19.5 Å². The Kier molecular flexibility index (Phi) is 3.90. The normalized spacial score (nSPS) is 9.75. The summed E-state index contributed by atoms with van der Waals surface area (Å²) in [4.78, 5) is 21.9. The van der Waals surface area contributed by atoms with Gasteiger partial charge in [-0.3, -0.25) is 9.59 Å². The van der Waals surface area contributed by atoms with E-state index in [1.807, 2.05) is 6.92 Å². The van der Waals surface area contributed by atoms with Crippen molar-refractivity contribution in [2.45, 2.75) is 20.8 Å². The van der Waals surface area contributed by atoms with Crippen molar-refractivity contribution in [1.29, 1.82) is 0 Å². The number of carbonyl (C=O) groups is 2. The molecular weight excluding hydrogens is 228 g/mol. The Balaban J connectivity index is 3.10. The fraction of sp³-hybridized carbons (Fsp3) is 0.273. The minimum absolute atomic E-state index is 0.167. The molecule has 1 aromatic rings. The predicted octanol–water partition coefficient (Wildman–Crippen LogP) is 2.57. The summed E-state index contributed by atoms with van der Waals surface area (Å²) in [6.07, 6.45) is 0. The number of hydrogen-bond donors (Lipinski definition) is 2. The fourth-order valence-electron chi connectivity index (χ4n) is 1.28. The third-order valence-corrected chi connectivity index (χ3v) is 2.25. The van der Waals surface area contributed by atoms with E-state index in [0.717, 1.165) is 5.56 Å². The zero-order chi connectivity index (χ0) is 12.3. The van der Waals surface area contributed by atoms with Gasteiger partial charge in [-0.2, -0.15) is 0 Å². The first-order valence-corrected chi connectivity index (χ1v) is 5.13. The van der Waals surface area contributed by atoms with Gasteiger partial charge >= 0.3 is 0 Å². The first kappa shape index (κ1) is 12.5. The molecule has 16 heavy (non-hydrogen) atoms. The average molecular weight is 241 g/mol. The lowest BCUT2D eigenvalue weighted by Crippen LogP contribution is -2.10. The van der Waals surface area contributed by atoms with Gasteiger partial charge in [-0.25, -0.2) is 0 Å². The van der Waals surface area contributed by atoms with E-state index in [0.29, 0.717) is 16.4 Å². The molecule has 0 fully saturated rings. The van der Waals surface area contributed by atoms with Gasteiger partial charge in [-0.05, 0) is 24.6 Å². The number of nitrogens with one attached hydrogen (secondary N) is 2. The van der Waals surface area contributed by atoms with Gasteiger partial charge in [-0.1, -0.05) is 11.6 Å². The Bertz CT molecular complexity index is 407. The van der Waals surface area contributed by atoms with Gasteiger partial charge < -0.3 is 10.6 Å².